The van der Waals surface area contributed by atoms with E-state index < -0.39 is 0 Å². The van der Waals surface area contributed by atoms with Crippen LogP contribution in [0, 0.1) is 0 Å². The molecule has 0 aliphatic carbocycles. The zero-order valence-corrected chi connectivity index (χ0v) is 15.5. The maximum Gasteiger partial charge on any atom is 0.127 e. The van der Waals surface area contributed by atoms with Crippen LogP contribution in [-0.4, -0.2) is 19.1 Å². The van der Waals surface area contributed by atoms with E-state index in [-0.39, 0.29) is 0 Å². The predicted molar refractivity (Wildman–Crippen MR) is 104 cm³/mol. The molecule has 132 valence electrons. The molecule has 0 amide bonds. The molecule has 0 saturated heterocycles. The number of halogens is 1. The number of hydrogen-bond acceptors (Lipinski definition) is 2. The van der Waals surface area contributed by atoms with Crippen molar-refractivity contribution in [1.82, 2.24) is 0 Å². The van der Waals surface area contributed by atoms with E-state index in [0.717, 1.165) is 67.0 Å². The van der Waals surface area contributed by atoms with Crippen LogP contribution >= 0.6 is 11.6 Å². The number of ether oxygens (including phenoxy) is 2. The summed E-state index contributed by atoms with van der Waals surface area (Å²) < 4.78 is 12.0. The van der Waals surface area contributed by atoms with Gasteiger partial charge in [-0.05, 0) is 37.8 Å². The molecule has 3 heteroatoms. The lowest BCUT2D eigenvalue weighted by molar-refractivity contribution is 0.302. The lowest BCUT2D eigenvalue weighted by Crippen LogP contribution is -2.00. The van der Waals surface area contributed by atoms with Crippen LogP contribution in [-0.2, 0) is 0 Å². The zero-order valence-electron chi connectivity index (χ0n) is 14.7. The zero-order chi connectivity index (χ0) is 17.0. The molecule has 0 saturated carbocycles. The van der Waals surface area contributed by atoms with Gasteiger partial charge >= 0.3 is 0 Å². The van der Waals surface area contributed by atoms with E-state index in [1.807, 2.05) is 18.2 Å². The van der Waals surface area contributed by atoms with Crippen molar-refractivity contribution < 1.29 is 9.47 Å². The minimum absolute atomic E-state index is 0.729. The largest absolute Gasteiger partial charge is 0.493 e. The Labute approximate surface area is 151 Å². The first-order valence-corrected chi connectivity index (χ1v) is 9.73. The molecular weight excluding hydrogens is 320 g/mol. The van der Waals surface area contributed by atoms with E-state index in [0.29, 0.717) is 0 Å². The minimum Gasteiger partial charge on any atom is -0.493 e. The summed E-state index contributed by atoms with van der Waals surface area (Å²) in [7, 11) is 0. The maximum atomic E-state index is 6.01. The maximum absolute atomic E-state index is 6.01. The average Bonchev–Trinajstić information content (AvgIpc) is 2.62. The van der Waals surface area contributed by atoms with E-state index in [2.05, 4.69) is 25.1 Å². The molecule has 0 aliphatic heterocycles. The second-order valence-electron chi connectivity index (χ2n) is 6.11. The fourth-order valence-electron chi connectivity index (χ4n) is 2.76. The molecule has 0 unspecified atom stereocenters. The van der Waals surface area contributed by atoms with Crippen molar-refractivity contribution in [2.24, 2.45) is 0 Å². The molecular formula is C21H29ClO2. The molecule has 2 nitrogen and oxygen atoms in total. The summed E-state index contributed by atoms with van der Waals surface area (Å²) >= 11 is 5.71. The molecule has 0 fully saturated rings. The number of unbranched alkanes of at least 4 members (excludes halogenated alkanes) is 5. The summed E-state index contributed by atoms with van der Waals surface area (Å²) in [4.78, 5) is 0. The highest BCUT2D eigenvalue weighted by molar-refractivity contribution is 6.17. The van der Waals surface area contributed by atoms with Gasteiger partial charge in [0.2, 0.25) is 0 Å². The highest BCUT2D eigenvalue weighted by atomic mass is 35.5. The number of hydrogen-bond donors (Lipinski definition) is 0. The van der Waals surface area contributed by atoms with Gasteiger partial charge < -0.3 is 9.47 Å². The van der Waals surface area contributed by atoms with Gasteiger partial charge in [-0.15, -0.1) is 11.6 Å². The molecule has 0 atom stereocenters. The Bertz CT molecular complexity index is 545. The summed E-state index contributed by atoms with van der Waals surface area (Å²) in [6, 6.07) is 12.4. The van der Waals surface area contributed by atoms with Gasteiger partial charge in [-0.2, -0.15) is 0 Å². The summed E-state index contributed by atoms with van der Waals surface area (Å²) in [5, 5.41) is 2.26. The van der Waals surface area contributed by atoms with Gasteiger partial charge in [0.1, 0.15) is 11.5 Å². The van der Waals surface area contributed by atoms with Crippen LogP contribution in [0.15, 0.2) is 36.4 Å². The summed E-state index contributed by atoms with van der Waals surface area (Å²) in [6.45, 7) is 3.74. The van der Waals surface area contributed by atoms with Crippen LogP contribution in [0.1, 0.15) is 51.9 Å². The topological polar surface area (TPSA) is 18.5 Å². The van der Waals surface area contributed by atoms with Crippen molar-refractivity contribution in [2.45, 2.75) is 51.9 Å². The van der Waals surface area contributed by atoms with Gasteiger partial charge in [0.05, 0.1) is 13.2 Å². The first-order chi connectivity index (χ1) is 11.9. The Balaban J connectivity index is 1.97. The number of alkyl halides is 1. The molecule has 2 aromatic rings. The highest BCUT2D eigenvalue weighted by Crippen LogP contribution is 2.33. The van der Waals surface area contributed by atoms with Crippen LogP contribution in [0.2, 0.25) is 0 Å². The molecule has 2 aromatic carbocycles. The summed E-state index contributed by atoms with van der Waals surface area (Å²) in [6.07, 6.45) is 8.08. The third-order valence-electron chi connectivity index (χ3n) is 4.14. The van der Waals surface area contributed by atoms with Gasteiger partial charge in [-0.3, -0.25) is 0 Å². The third kappa shape index (κ3) is 5.90. The highest BCUT2D eigenvalue weighted by Gasteiger charge is 2.07. The first-order valence-electron chi connectivity index (χ1n) is 9.20. The van der Waals surface area contributed by atoms with Gasteiger partial charge in [-0.25, -0.2) is 0 Å². The van der Waals surface area contributed by atoms with Gasteiger partial charge in [0, 0.05) is 16.7 Å². The molecule has 0 bridgehead atoms. The number of rotatable bonds is 12. The van der Waals surface area contributed by atoms with E-state index >= 15 is 0 Å². The average molecular weight is 349 g/mol. The molecule has 2 rings (SSSR count). The van der Waals surface area contributed by atoms with Crippen LogP contribution in [0.3, 0.4) is 0 Å². The third-order valence-corrected chi connectivity index (χ3v) is 4.40. The minimum atomic E-state index is 0.729. The molecule has 0 radical (unpaired) electrons. The quantitative estimate of drug-likeness (QED) is 0.318. The molecule has 24 heavy (non-hydrogen) atoms. The van der Waals surface area contributed by atoms with Crippen molar-refractivity contribution in [2.75, 3.05) is 19.1 Å². The SMILES string of the molecule is CCCCCCOc1ccc(OCCCCCCl)c2ccccc12. The Morgan fingerprint density at radius 3 is 1.75 bits per heavy atom. The Morgan fingerprint density at radius 1 is 0.708 bits per heavy atom. The molecule has 0 heterocycles. The van der Waals surface area contributed by atoms with Gasteiger partial charge in [-0.1, -0.05) is 50.5 Å². The summed E-state index contributed by atoms with van der Waals surface area (Å²) in [5.41, 5.74) is 0. The lowest BCUT2D eigenvalue weighted by atomic mass is 10.1. The monoisotopic (exact) mass is 348 g/mol. The molecule has 0 N–H and O–H groups in total. The van der Waals surface area contributed by atoms with E-state index in [9.17, 15) is 0 Å². The molecule has 0 spiro atoms. The predicted octanol–water partition coefficient (Wildman–Crippen LogP) is 6.59. The van der Waals surface area contributed by atoms with Gasteiger partial charge in [0.25, 0.3) is 0 Å². The van der Waals surface area contributed by atoms with Crippen LogP contribution < -0.4 is 9.47 Å². The fraction of sp³-hybridized carbons (Fsp3) is 0.524. The lowest BCUT2D eigenvalue weighted by Gasteiger charge is -2.13. The van der Waals surface area contributed by atoms with Crippen molar-refractivity contribution >= 4 is 22.4 Å². The van der Waals surface area contributed by atoms with Gasteiger partial charge in [0.15, 0.2) is 0 Å². The van der Waals surface area contributed by atoms with Crippen LogP contribution in [0.25, 0.3) is 10.8 Å². The van der Waals surface area contributed by atoms with Crippen molar-refractivity contribution in [1.29, 1.82) is 0 Å². The van der Waals surface area contributed by atoms with E-state index in [1.165, 1.54) is 19.3 Å². The van der Waals surface area contributed by atoms with Crippen LogP contribution in [0.4, 0.5) is 0 Å². The van der Waals surface area contributed by atoms with Crippen molar-refractivity contribution in [3.05, 3.63) is 36.4 Å². The molecule has 0 aromatic heterocycles. The normalized spacial score (nSPS) is 10.9. The first kappa shape index (κ1) is 18.9. The number of fused-ring (bicyclic) bond motifs is 1. The van der Waals surface area contributed by atoms with E-state index in [1.54, 1.807) is 0 Å². The Hall–Kier alpha value is -1.41. The fourth-order valence-corrected chi connectivity index (χ4v) is 2.95. The Kier molecular flexibility index (Phi) is 8.83. The molecule has 0 aliphatic rings. The van der Waals surface area contributed by atoms with Crippen molar-refractivity contribution in [3.63, 3.8) is 0 Å². The Morgan fingerprint density at radius 2 is 1.25 bits per heavy atom. The summed E-state index contributed by atoms with van der Waals surface area (Å²) in [5.74, 6) is 2.62. The van der Waals surface area contributed by atoms with E-state index in [4.69, 9.17) is 21.1 Å². The van der Waals surface area contributed by atoms with Crippen molar-refractivity contribution in [3.8, 4) is 11.5 Å². The standard InChI is InChI=1S/C21H29ClO2/c1-2-3-4-9-16-23-20-13-14-21(24-17-10-5-8-15-22)19-12-7-6-11-18(19)20/h6-7,11-14H,2-5,8-10,15-17H2,1H3. The smallest absolute Gasteiger partial charge is 0.127 e. The second kappa shape index (κ2) is 11.2. The van der Waals surface area contributed by atoms with Crippen LogP contribution in [0.5, 0.6) is 11.5 Å². The number of benzene rings is 2. The second-order valence-corrected chi connectivity index (χ2v) is 6.49.